The number of benzene rings is 2. The average molecular weight is 478 g/mol. The highest BCUT2D eigenvalue weighted by molar-refractivity contribution is 14.1. The first-order valence-corrected chi connectivity index (χ1v) is 10.4. The highest BCUT2D eigenvalue weighted by Crippen LogP contribution is 2.32. The summed E-state index contributed by atoms with van der Waals surface area (Å²) in [4.78, 5) is 16.3. The molecule has 0 fully saturated rings. The molecule has 4 nitrogen and oxygen atoms in total. The van der Waals surface area contributed by atoms with Gasteiger partial charge in [0, 0.05) is 40.0 Å². The van der Waals surface area contributed by atoms with Gasteiger partial charge in [-0.1, -0.05) is 18.2 Å². The largest absolute Gasteiger partial charge is 0.355 e. The molecule has 0 saturated heterocycles. The van der Waals surface area contributed by atoms with Crippen LogP contribution in [0.25, 0.3) is 22.3 Å². The summed E-state index contributed by atoms with van der Waals surface area (Å²) >= 11 is 2.39. The Morgan fingerprint density at radius 2 is 1.82 bits per heavy atom. The summed E-state index contributed by atoms with van der Waals surface area (Å²) < 4.78 is 1.30. The van der Waals surface area contributed by atoms with Crippen LogP contribution in [-0.4, -0.2) is 28.0 Å². The molecular formula is C23H19IN4. The van der Waals surface area contributed by atoms with Crippen molar-refractivity contribution >= 4 is 39.3 Å². The molecule has 28 heavy (non-hydrogen) atoms. The van der Waals surface area contributed by atoms with E-state index in [1.165, 1.54) is 14.7 Å². The number of aromatic nitrogens is 3. The van der Waals surface area contributed by atoms with Gasteiger partial charge in [0.15, 0.2) is 5.82 Å². The number of pyridine rings is 1. The number of anilines is 1. The Morgan fingerprint density at radius 1 is 0.964 bits per heavy atom. The third kappa shape index (κ3) is 3.13. The molecule has 1 unspecified atom stereocenters. The summed E-state index contributed by atoms with van der Waals surface area (Å²) in [5, 5.41) is 1.09. The third-order valence-electron chi connectivity index (χ3n) is 5.46. The van der Waals surface area contributed by atoms with E-state index in [0.717, 1.165) is 41.0 Å². The molecule has 5 rings (SSSR count). The van der Waals surface area contributed by atoms with Crippen LogP contribution in [0.3, 0.4) is 0 Å². The molecule has 138 valence electrons. The van der Waals surface area contributed by atoms with E-state index in [1.54, 1.807) is 6.20 Å². The van der Waals surface area contributed by atoms with Crippen molar-refractivity contribution < 1.29 is 0 Å². The van der Waals surface area contributed by atoms with Gasteiger partial charge in [0.05, 0.1) is 5.52 Å². The van der Waals surface area contributed by atoms with E-state index in [2.05, 4.69) is 75.9 Å². The molecule has 2 heterocycles. The molecule has 0 aliphatic heterocycles. The molecule has 0 bridgehead atoms. The zero-order chi connectivity index (χ0) is 19.1. The first kappa shape index (κ1) is 17.6. The van der Waals surface area contributed by atoms with Gasteiger partial charge in [0.25, 0.3) is 0 Å². The minimum atomic E-state index is 0.397. The van der Waals surface area contributed by atoms with Crippen LogP contribution < -0.4 is 4.90 Å². The van der Waals surface area contributed by atoms with Crippen LogP contribution in [0, 0.1) is 3.57 Å². The van der Waals surface area contributed by atoms with Gasteiger partial charge < -0.3 is 4.90 Å². The van der Waals surface area contributed by atoms with Crippen LogP contribution in [0.5, 0.6) is 0 Å². The van der Waals surface area contributed by atoms with Crippen LogP contribution in [0.4, 0.5) is 5.82 Å². The number of likely N-dealkylation sites (N-methyl/N-ethyl adjacent to an activating group) is 1. The summed E-state index contributed by atoms with van der Waals surface area (Å²) in [5.41, 5.74) is 4.80. The number of fused-ring (bicyclic) bond motifs is 2. The predicted molar refractivity (Wildman–Crippen MR) is 122 cm³/mol. The standard InChI is InChI=1S/C23H19IN4/c1-28(19-12-15-8-9-18(24)11-17(15)13-19)23-20-6-2-3-7-21(20)26-22(27-23)16-5-4-10-25-14-16/h2-11,14,19H,12-13H2,1H3. The van der Waals surface area contributed by atoms with Crippen molar-refractivity contribution in [2.24, 2.45) is 0 Å². The van der Waals surface area contributed by atoms with Crippen molar-refractivity contribution in [1.29, 1.82) is 0 Å². The number of hydrogen-bond donors (Lipinski definition) is 0. The van der Waals surface area contributed by atoms with Crippen molar-refractivity contribution in [3.8, 4) is 11.4 Å². The van der Waals surface area contributed by atoms with E-state index < -0.39 is 0 Å². The van der Waals surface area contributed by atoms with Gasteiger partial charge in [-0.05, 0) is 83.0 Å². The number of hydrogen-bond acceptors (Lipinski definition) is 4. The molecule has 5 heteroatoms. The molecular weight excluding hydrogens is 459 g/mol. The minimum Gasteiger partial charge on any atom is -0.355 e. The molecule has 0 amide bonds. The first-order chi connectivity index (χ1) is 13.7. The van der Waals surface area contributed by atoms with E-state index in [-0.39, 0.29) is 0 Å². The molecule has 0 spiro atoms. The topological polar surface area (TPSA) is 41.9 Å². The minimum absolute atomic E-state index is 0.397. The predicted octanol–water partition coefficient (Wildman–Crippen LogP) is 4.90. The third-order valence-corrected chi connectivity index (χ3v) is 6.14. The zero-order valence-electron chi connectivity index (χ0n) is 15.5. The van der Waals surface area contributed by atoms with Gasteiger partial charge in [-0.15, -0.1) is 0 Å². The number of rotatable bonds is 3. The molecule has 1 aliphatic carbocycles. The normalized spacial score (nSPS) is 15.6. The van der Waals surface area contributed by atoms with Crippen molar-refractivity contribution in [2.75, 3.05) is 11.9 Å². The Morgan fingerprint density at radius 3 is 2.68 bits per heavy atom. The maximum absolute atomic E-state index is 4.97. The fraction of sp³-hybridized carbons (Fsp3) is 0.174. The van der Waals surface area contributed by atoms with Crippen molar-refractivity contribution in [3.05, 3.63) is 81.7 Å². The Bertz CT molecular complexity index is 1160. The molecule has 0 N–H and O–H groups in total. The maximum Gasteiger partial charge on any atom is 0.163 e. The molecule has 0 radical (unpaired) electrons. The van der Waals surface area contributed by atoms with Crippen molar-refractivity contribution in [3.63, 3.8) is 0 Å². The summed E-state index contributed by atoms with van der Waals surface area (Å²) in [6.07, 6.45) is 5.68. The highest BCUT2D eigenvalue weighted by Gasteiger charge is 2.27. The smallest absolute Gasteiger partial charge is 0.163 e. The van der Waals surface area contributed by atoms with Crippen molar-refractivity contribution in [1.82, 2.24) is 15.0 Å². The van der Waals surface area contributed by atoms with Gasteiger partial charge in [-0.2, -0.15) is 0 Å². The Hall–Kier alpha value is -2.54. The lowest BCUT2D eigenvalue weighted by molar-refractivity contribution is 0.661. The van der Waals surface area contributed by atoms with Crippen LogP contribution >= 0.6 is 22.6 Å². The van der Waals surface area contributed by atoms with Crippen LogP contribution in [0.2, 0.25) is 0 Å². The van der Waals surface area contributed by atoms with E-state index >= 15 is 0 Å². The lowest BCUT2D eigenvalue weighted by Crippen LogP contribution is -2.33. The second kappa shape index (κ2) is 7.13. The number of nitrogens with zero attached hydrogens (tertiary/aromatic N) is 4. The first-order valence-electron chi connectivity index (χ1n) is 9.36. The molecule has 2 aromatic heterocycles. The summed E-state index contributed by atoms with van der Waals surface area (Å²) in [6, 6.07) is 19.3. The second-order valence-electron chi connectivity index (χ2n) is 7.22. The maximum atomic E-state index is 4.97. The lowest BCUT2D eigenvalue weighted by Gasteiger charge is -2.27. The molecule has 1 aliphatic rings. The van der Waals surface area contributed by atoms with Crippen LogP contribution in [0.1, 0.15) is 11.1 Å². The van der Waals surface area contributed by atoms with E-state index in [4.69, 9.17) is 9.97 Å². The number of para-hydroxylation sites is 1. The zero-order valence-corrected chi connectivity index (χ0v) is 17.7. The van der Waals surface area contributed by atoms with E-state index in [1.807, 2.05) is 24.4 Å². The van der Waals surface area contributed by atoms with Gasteiger partial charge >= 0.3 is 0 Å². The lowest BCUT2D eigenvalue weighted by atomic mass is 10.1. The average Bonchev–Trinajstić information content (AvgIpc) is 3.16. The fourth-order valence-corrected chi connectivity index (χ4v) is 4.52. The van der Waals surface area contributed by atoms with E-state index in [9.17, 15) is 0 Å². The SMILES string of the molecule is CN(c1nc(-c2cccnc2)nc2ccccc12)C1Cc2ccc(I)cc2C1. The van der Waals surface area contributed by atoms with Crippen LogP contribution in [0.15, 0.2) is 67.0 Å². The van der Waals surface area contributed by atoms with E-state index in [0.29, 0.717) is 6.04 Å². The summed E-state index contributed by atoms with van der Waals surface area (Å²) in [7, 11) is 2.16. The molecule has 1 atom stereocenters. The fourth-order valence-electron chi connectivity index (χ4n) is 3.96. The monoisotopic (exact) mass is 478 g/mol. The summed E-state index contributed by atoms with van der Waals surface area (Å²) in [5.74, 6) is 1.70. The van der Waals surface area contributed by atoms with Gasteiger partial charge in [-0.25, -0.2) is 9.97 Å². The van der Waals surface area contributed by atoms with Crippen LogP contribution in [-0.2, 0) is 12.8 Å². The molecule has 0 saturated carbocycles. The van der Waals surface area contributed by atoms with Gasteiger partial charge in [0.1, 0.15) is 5.82 Å². The quantitative estimate of drug-likeness (QED) is 0.393. The Balaban J connectivity index is 1.58. The van der Waals surface area contributed by atoms with Gasteiger partial charge in [0.2, 0.25) is 0 Å². The number of halogens is 1. The Labute approximate surface area is 177 Å². The molecule has 2 aromatic carbocycles. The van der Waals surface area contributed by atoms with Gasteiger partial charge in [-0.3, -0.25) is 4.98 Å². The van der Waals surface area contributed by atoms with Crippen molar-refractivity contribution in [2.45, 2.75) is 18.9 Å². The second-order valence-corrected chi connectivity index (χ2v) is 8.46. The Kier molecular flexibility index (Phi) is 4.47. The molecule has 4 aromatic rings. The highest BCUT2D eigenvalue weighted by atomic mass is 127. The summed E-state index contributed by atoms with van der Waals surface area (Å²) in [6.45, 7) is 0.